The van der Waals surface area contributed by atoms with Gasteiger partial charge in [0.2, 0.25) is 11.8 Å². The quantitative estimate of drug-likeness (QED) is 0.908. The van der Waals surface area contributed by atoms with Crippen molar-refractivity contribution >= 4 is 28.3 Å². The summed E-state index contributed by atoms with van der Waals surface area (Å²) >= 11 is 1.42. The van der Waals surface area contributed by atoms with E-state index in [1.54, 1.807) is 6.20 Å². The zero-order valence-corrected chi connectivity index (χ0v) is 14.3. The monoisotopic (exact) mass is 343 g/mol. The molecule has 126 valence electrons. The smallest absolute Gasteiger partial charge is 0.229 e. The second-order valence-electron chi connectivity index (χ2n) is 5.97. The molecule has 24 heavy (non-hydrogen) atoms. The average molecular weight is 343 g/mol. The summed E-state index contributed by atoms with van der Waals surface area (Å²) in [7, 11) is 0. The highest BCUT2D eigenvalue weighted by molar-refractivity contribution is 7.13. The van der Waals surface area contributed by atoms with E-state index in [4.69, 9.17) is 0 Å². The molecule has 0 bridgehead atoms. The maximum absolute atomic E-state index is 12.3. The van der Waals surface area contributed by atoms with Crippen molar-refractivity contribution in [2.24, 2.45) is 5.92 Å². The zero-order chi connectivity index (χ0) is 16.8. The van der Waals surface area contributed by atoms with E-state index in [1.807, 2.05) is 40.6 Å². The van der Waals surface area contributed by atoms with Crippen LogP contribution in [0.4, 0.5) is 5.13 Å². The maximum Gasteiger partial charge on any atom is 0.229 e. The predicted molar refractivity (Wildman–Crippen MR) is 94.8 cm³/mol. The van der Waals surface area contributed by atoms with Gasteiger partial charge in [0.25, 0.3) is 0 Å². The standard InChI is InChI=1S/C18H21N3O2S/c22-16(7-6-14-4-2-1-3-5-14)21-11-8-15(9-12-21)17(23)20-18-19-10-13-24-18/h1-5,10,13,15H,6-9,11-12H2,(H,19,20,23). The van der Waals surface area contributed by atoms with Crippen molar-refractivity contribution < 1.29 is 9.59 Å². The van der Waals surface area contributed by atoms with Crippen molar-refractivity contribution in [3.8, 4) is 0 Å². The lowest BCUT2D eigenvalue weighted by molar-refractivity contribution is -0.134. The molecule has 2 amide bonds. The molecule has 2 aromatic rings. The summed E-state index contributed by atoms with van der Waals surface area (Å²) in [6.07, 6.45) is 4.40. The summed E-state index contributed by atoms with van der Waals surface area (Å²) in [6, 6.07) is 10.1. The van der Waals surface area contributed by atoms with Gasteiger partial charge in [-0.15, -0.1) is 11.3 Å². The van der Waals surface area contributed by atoms with E-state index in [2.05, 4.69) is 10.3 Å². The highest BCUT2D eigenvalue weighted by atomic mass is 32.1. The number of likely N-dealkylation sites (tertiary alicyclic amines) is 1. The van der Waals surface area contributed by atoms with Gasteiger partial charge >= 0.3 is 0 Å². The van der Waals surface area contributed by atoms with Crippen molar-refractivity contribution in [3.63, 3.8) is 0 Å². The number of thiazole rings is 1. The molecule has 1 saturated heterocycles. The maximum atomic E-state index is 12.3. The van der Waals surface area contributed by atoms with Crippen LogP contribution >= 0.6 is 11.3 Å². The van der Waals surface area contributed by atoms with E-state index in [9.17, 15) is 9.59 Å². The Morgan fingerprint density at radius 2 is 1.96 bits per heavy atom. The van der Waals surface area contributed by atoms with Crippen molar-refractivity contribution in [1.82, 2.24) is 9.88 Å². The minimum atomic E-state index is -0.0351. The van der Waals surface area contributed by atoms with Gasteiger partial charge in [-0.25, -0.2) is 4.98 Å². The van der Waals surface area contributed by atoms with Crippen LogP contribution in [0.1, 0.15) is 24.8 Å². The molecular weight excluding hydrogens is 322 g/mol. The number of nitrogens with one attached hydrogen (secondary N) is 1. The molecule has 1 aliphatic heterocycles. The first kappa shape index (κ1) is 16.6. The van der Waals surface area contributed by atoms with E-state index in [1.165, 1.54) is 16.9 Å². The van der Waals surface area contributed by atoms with Gasteiger partial charge in [-0.2, -0.15) is 0 Å². The number of aryl methyl sites for hydroxylation is 1. The molecule has 3 rings (SSSR count). The number of aromatic nitrogens is 1. The Morgan fingerprint density at radius 1 is 1.21 bits per heavy atom. The molecule has 0 aliphatic carbocycles. The number of nitrogens with zero attached hydrogens (tertiary/aromatic N) is 2. The lowest BCUT2D eigenvalue weighted by Crippen LogP contribution is -2.41. The third-order valence-corrected chi connectivity index (χ3v) is 5.04. The Labute approximate surface area is 145 Å². The van der Waals surface area contributed by atoms with E-state index >= 15 is 0 Å². The van der Waals surface area contributed by atoms with Crippen molar-refractivity contribution in [1.29, 1.82) is 0 Å². The van der Waals surface area contributed by atoms with Gasteiger partial charge in [0.05, 0.1) is 0 Å². The topological polar surface area (TPSA) is 62.3 Å². The van der Waals surface area contributed by atoms with Gasteiger partial charge in [-0.3, -0.25) is 9.59 Å². The Hall–Kier alpha value is -2.21. The molecule has 1 aromatic carbocycles. The van der Waals surface area contributed by atoms with Crippen LogP contribution in [0.5, 0.6) is 0 Å². The Balaban J connectivity index is 1.42. The summed E-state index contributed by atoms with van der Waals surface area (Å²) in [6.45, 7) is 1.31. The number of benzene rings is 1. The van der Waals surface area contributed by atoms with Gasteiger partial charge in [-0.05, 0) is 24.8 Å². The molecule has 1 fully saturated rings. The molecule has 0 saturated carbocycles. The molecular formula is C18H21N3O2S. The highest BCUT2D eigenvalue weighted by Crippen LogP contribution is 2.21. The van der Waals surface area contributed by atoms with E-state index in [0.717, 1.165) is 6.42 Å². The number of piperidine rings is 1. The minimum absolute atomic E-state index is 0.0151. The molecule has 1 N–H and O–H groups in total. The Morgan fingerprint density at radius 3 is 2.62 bits per heavy atom. The number of rotatable bonds is 5. The molecule has 1 aromatic heterocycles. The second kappa shape index (κ2) is 8.06. The highest BCUT2D eigenvalue weighted by Gasteiger charge is 2.27. The molecule has 0 spiro atoms. The summed E-state index contributed by atoms with van der Waals surface area (Å²) in [5.74, 6) is 0.158. The summed E-state index contributed by atoms with van der Waals surface area (Å²) in [5, 5.41) is 5.32. The van der Waals surface area contributed by atoms with Gasteiger partial charge in [0, 0.05) is 37.0 Å². The first-order valence-corrected chi connectivity index (χ1v) is 9.12. The fourth-order valence-corrected chi connectivity index (χ4v) is 3.47. The van der Waals surface area contributed by atoms with Crippen LogP contribution in [0.25, 0.3) is 0 Å². The fourth-order valence-electron chi connectivity index (χ4n) is 2.94. The van der Waals surface area contributed by atoms with E-state index in [-0.39, 0.29) is 17.7 Å². The van der Waals surface area contributed by atoms with Crippen LogP contribution in [0.15, 0.2) is 41.9 Å². The Bertz CT molecular complexity index is 665. The Kier molecular flexibility index (Phi) is 5.59. The van der Waals surface area contributed by atoms with Crippen molar-refractivity contribution in [2.75, 3.05) is 18.4 Å². The minimum Gasteiger partial charge on any atom is -0.343 e. The summed E-state index contributed by atoms with van der Waals surface area (Å²) in [4.78, 5) is 30.5. The fraction of sp³-hybridized carbons (Fsp3) is 0.389. The first-order valence-electron chi connectivity index (χ1n) is 8.24. The zero-order valence-electron chi connectivity index (χ0n) is 13.5. The molecule has 1 aliphatic rings. The van der Waals surface area contributed by atoms with Crippen LogP contribution in [0, 0.1) is 5.92 Å². The van der Waals surface area contributed by atoms with E-state index in [0.29, 0.717) is 37.5 Å². The van der Waals surface area contributed by atoms with Crippen molar-refractivity contribution in [2.45, 2.75) is 25.7 Å². The van der Waals surface area contributed by atoms with Crippen LogP contribution in [0.2, 0.25) is 0 Å². The number of carbonyl (C=O) groups is 2. The number of amides is 2. The van der Waals surface area contributed by atoms with Gasteiger partial charge in [0.1, 0.15) is 0 Å². The predicted octanol–water partition coefficient (Wildman–Crippen LogP) is 2.95. The largest absolute Gasteiger partial charge is 0.343 e. The third-order valence-electron chi connectivity index (χ3n) is 4.35. The van der Waals surface area contributed by atoms with Crippen LogP contribution in [-0.4, -0.2) is 34.8 Å². The average Bonchev–Trinajstić information content (AvgIpc) is 3.13. The van der Waals surface area contributed by atoms with Crippen LogP contribution < -0.4 is 5.32 Å². The van der Waals surface area contributed by atoms with Crippen LogP contribution in [-0.2, 0) is 16.0 Å². The third kappa shape index (κ3) is 4.41. The number of hydrogen-bond donors (Lipinski definition) is 1. The number of anilines is 1. The molecule has 5 nitrogen and oxygen atoms in total. The van der Waals surface area contributed by atoms with Gasteiger partial charge in [-0.1, -0.05) is 30.3 Å². The van der Waals surface area contributed by atoms with E-state index < -0.39 is 0 Å². The van der Waals surface area contributed by atoms with Gasteiger partial charge in [0.15, 0.2) is 5.13 Å². The number of carbonyl (C=O) groups excluding carboxylic acids is 2. The second-order valence-corrected chi connectivity index (χ2v) is 6.86. The van der Waals surface area contributed by atoms with Crippen molar-refractivity contribution in [3.05, 3.63) is 47.5 Å². The van der Waals surface area contributed by atoms with Gasteiger partial charge < -0.3 is 10.2 Å². The molecule has 6 heteroatoms. The molecule has 2 heterocycles. The van der Waals surface area contributed by atoms with Crippen LogP contribution in [0.3, 0.4) is 0 Å². The summed E-state index contributed by atoms with van der Waals surface area (Å²) in [5.41, 5.74) is 1.18. The first-order chi connectivity index (χ1) is 11.7. The normalized spacial score (nSPS) is 15.2. The molecule has 0 radical (unpaired) electrons. The molecule has 0 atom stereocenters. The number of hydrogen-bond acceptors (Lipinski definition) is 4. The lowest BCUT2D eigenvalue weighted by Gasteiger charge is -2.31. The SMILES string of the molecule is O=C(Nc1nccs1)C1CCN(C(=O)CCc2ccccc2)CC1. The molecule has 0 unspecified atom stereocenters. The lowest BCUT2D eigenvalue weighted by atomic mass is 9.95. The summed E-state index contributed by atoms with van der Waals surface area (Å²) < 4.78 is 0.